The molecule has 2 N–H and O–H groups in total. The highest BCUT2D eigenvalue weighted by Gasteiger charge is 2.39. The molecule has 166 valence electrons. The van der Waals surface area contributed by atoms with E-state index in [-0.39, 0.29) is 10.7 Å². The van der Waals surface area contributed by atoms with Gasteiger partial charge in [-0.3, -0.25) is 14.4 Å². The summed E-state index contributed by atoms with van der Waals surface area (Å²) in [5.74, 6) is -1.69. The van der Waals surface area contributed by atoms with E-state index in [2.05, 4.69) is 10.6 Å². The summed E-state index contributed by atoms with van der Waals surface area (Å²) in [5, 5.41) is 6.16. The van der Waals surface area contributed by atoms with Crippen molar-refractivity contribution < 1.29 is 14.4 Å². The Labute approximate surface area is 204 Å². The van der Waals surface area contributed by atoms with Crippen LogP contribution in [0.4, 0.5) is 17.1 Å². The van der Waals surface area contributed by atoms with E-state index in [1.165, 1.54) is 12.1 Å². The molecule has 0 saturated heterocycles. The second kappa shape index (κ2) is 9.27. The summed E-state index contributed by atoms with van der Waals surface area (Å²) in [7, 11) is 0. The largest absolute Gasteiger partial charge is 0.350 e. The summed E-state index contributed by atoms with van der Waals surface area (Å²) in [6.07, 6.45) is 0. The second-order valence-corrected chi connectivity index (χ2v) is 8.40. The van der Waals surface area contributed by atoms with Gasteiger partial charge in [0.05, 0.1) is 16.4 Å². The van der Waals surface area contributed by atoms with Crippen LogP contribution in [0.25, 0.3) is 0 Å². The Hall–Kier alpha value is -3.32. The third kappa shape index (κ3) is 4.59. The van der Waals surface area contributed by atoms with E-state index >= 15 is 0 Å². The Morgan fingerprint density at radius 1 is 0.848 bits per heavy atom. The van der Waals surface area contributed by atoms with Crippen molar-refractivity contribution in [3.8, 4) is 0 Å². The lowest BCUT2D eigenvalue weighted by molar-refractivity contribution is -0.120. The van der Waals surface area contributed by atoms with E-state index < -0.39 is 17.7 Å². The van der Waals surface area contributed by atoms with Crippen LogP contribution in [0, 0.1) is 6.92 Å². The average molecular weight is 501 g/mol. The molecule has 0 aliphatic carbocycles. The highest BCUT2D eigenvalue weighted by atomic mass is 35.5. The highest BCUT2D eigenvalue weighted by molar-refractivity contribution is 6.53. The first-order chi connectivity index (χ1) is 15.8. The number of anilines is 3. The lowest BCUT2D eigenvalue weighted by Gasteiger charge is -2.16. The van der Waals surface area contributed by atoms with Crippen molar-refractivity contribution >= 4 is 69.6 Å². The van der Waals surface area contributed by atoms with Crippen molar-refractivity contribution in [2.45, 2.75) is 6.92 Å². The van der Waals surface area contributed by atoms with Crippen molar-refractivity contribution in [3.05, 3.63) is 98.6 Å². The number of halogens is 3. The number of imide groups is 1. The molecule has 1 aliphatic heterocycles. The molecular formula is C24H16Cl3N3O3. The molecule has 1 heterocycles. The number of nitrogens with one attached hydrogen (secondary N) is 2. The molecule has 0 aromatic heterocycles. The molecule has 1 aliphatic rings. The molecule has 33 heavy (non-hydrogen) atoms. The van der Waals surface area contributed by atoms with Crippen LogP contribution in [0.3, 0.4) is 0 Å². The molecule has 0 bridgehead atoms. The fourth-order valence-electron chi connectivity index (χ4n) is 3.21. The molecule has 0 saturated carbocycles. The molecule has 0 spiro atoms. The highest BCUT2D eigenvalue weighted by Crippen LogP contribution is 2.32. The van der Waals surface area contributed by atoms with Gasteiger partial charge in [-0.1, -0.05) is 59.1 Å². The average Bonchev–Trinajstić information content (AvgIpc) is 3.00. The molecular weight excluding hydrogens is 485 g/mol. The van der Waals surface area contributed by atoms with Gasteiger partial charge in [-0.15, -0.1) is 0 Å². The quantitative estimate of drug-likeness (QED) is 0.422. The monoisotopic (exact) mass is 499 g/mol. The number of nitrogens with zero attached hydrogens (tertiary/aromatic N) is 1. The minimum atomic E-state index is -0.670. The van der Waals surface area contributed by atoms with E-state index in [0.29, 0.717) is 32.7 Å². The summed E-state index contributed by atoms with van der Waals surface area (Å²) < 4.78 is 0. The van der Waals surface area contributed by atoms with Crippen LogP contribution >= 0.6 is 34.8 Å². The number of benzene rings is 3. The van der Waals surface area contributed by atoms with Crippen molar-refractivity contribution in [2.75, 3.05) is 15.5 Å². The fraction of sp³-hybridized carbons (Fsp3) is 0.0417. The minimum Gasteiger partial charge on any atom is -0.350 e. The summed E-state index contributed by atoms with van der Waals surface area (Å²) in [6.45, 7) is 1.81. The van der Waals surface area contributed by atoms with E-state index in [9.17, 15) is 14.4 Å². The first-order valence-corrected chi connectivity index (χ1v) is 10.9. The van der Waals surface area contributed by atoms with Crippen LogP contribution < -0.4 is 15.5 Å². The Morgan fingerprint density at radius 2 is 1.61 bits per heavy atom. The third-order valence-electron chi connectivity index (χ3n) is 4.96. The zero-order chi connectivity index (χ0) is 23.7. The maximum atomic E-state index is 13.0. The molecule has 3 aromatic rings. The van der Waals surface area contributed by atoms with Crippen LogP contribution in [0.2, 0.25) is 10.0 Å². The van der Waals surface area contributed by atoms with Gasteiger partial charge in [0, 0.05) is 16.3 Å². The van der Waals surface area contributed by atoms with Gasteiger partial charge >= 0.3 is 0 Å². The number of rotatable bonds is 5. The molecule has 0 unspecified atom stereocenters. The van der Waals surface area contributed by atoms with E-state index in [0.717, 1.165) is 10.5 Å². The van der Waals surface area contributed by atoms with Crippen LogP contribution in [0.15, 0.2) is 77.5 Å². The van der Waals surface area contributed by atoms with Crippen LogP contribution in [0.1, 0.15) is 15.9 Å². The zero-order valence-electron chi connectivity index (χ0n) is 17.2. The molecule has 3 aromatic carbocycles. The van der Waals surface area contributed by atoms with Gasteiger partial charge in [0.25, 0.3) is 17.7 Å². The summed E-state index contributed by atoms with van der Waals surface area (Å²) in [4.78, 5) is 39.3. The van der Waals surface area contributed by atoms with Gasteiger partial charge in [-0.2, -0.15) is 0 Å². The Morgan fingerprint density at radius 3 is 2.33 bits per heavy atom. The first-order valence-electron chi connectivity index (χ1n) is 9.74. The number of carbonyl (C=O) groups excluding carboxylic acids is 3. The number of hydrogen-bond donors (Lipinski definition) is 2. The predicted octanol–water partition coefficient (Wildman–Crippen LogP) is 5.99. The van der Waals surface area contributed by atoms with Crippen LogP contribution in [0.5, 0.6) is 0 Å². The Balaban J connectivity index is 1.56. The van der Waals surface area contributed by atoms with Gasteiger partial charge in [0.15, 0.2) is 0 Å². The summed E-state index contributed by atoms with van der Waals surface area (Å²) >= 11 is 18.4. The van der Waals surface area contributed by atoms with Gasteiger partial charge in [0.1, 0.15) is 10.7 Å². The maximum absolute atomic E-state index is 13.0. The standard InChI is InChI=1S/C24H16Cl3N3O3/c1-13-9-10-16(12-18(13)26)30-23(32)20(27)21(24(30)33)28-15-6-4-5-14(11-15)22(31)29-19-8-3-2-7-17(19)25/h2-12,28H,1H3,(H,29,31). The lowest BCUT2D eigenvalue weighted by atomic mass is 10.1. The lowest BCUT2D eigenvalue weighted by Crippen LogP contribution is -2.32. The second-order valence-electron chi connectivity index (χ2n) is 7.21. The molecule has 4 rings (SSSR count). The Kier molecular flexibility index (Phi) is 6.42. The maximum Gasteiger partial charge on any atom is 0.283 e. The van der Waals surface area contributed by atoms with Crippen LogP contribution in [-0.2, 0) is 9.59 Å². The van der Waals surface area contributed by atoms with E-state index in [1.807, 2.05) is 6.92 Å². The number of hydrogen-bond acceptors (Lipinski definition) is 4. The topological polar surface area (TPSA) is 78.5 Å². The minimum absolute atomic E-state index is 0.0953. The van der Waals surface area contributed by atoms with Gasteiger partial charge in [0.2, 0.25) is 0 Å². The van der Waals surface area contributed by atoms with Crippen molar-refractivity contribution in [1.82, 2.24) is 0 Å². The van der Waals surface area contributed by atoms with Crippen LogP contribution in [-0.4, -0.2) is 17.7 Å². The number of aryl methyl sites for hydroxylation is 1. The van der Waals surface area contributed by atoms with E-state index in [1.54, 1.807) is 54.6 Å². The summed E-state index contributed by atoms with van der Waals surface area (Å²) in [5.41, 5.74) is 2.21. The molecule has 0 atom stereocenters. The fourth-order valence-corrected chi connectivity index (χ4v) is 3.78. The SMILES string of the molecule is Cc1ccc(N2C(=O)C(Cl)=C(Nc3cccc(C(=O)Nc4ccccc4Cl)c3)C2=O)cc1Cl. The third-order valence-corrected chi connectivity index (χ3v) is 6.04. The predicted molar refractivity (Wildman–Crippen MR) is 131 cm³/mol. The Bertz CT molecular complexity index is 1340. The van der Waals surface area contributed by atoms with E-state index in [4.69, 9.17) is 34.8 Å². The molecule has 0 fully saturated rings. The first kappa shape index (κ1) is 22.9. The zero-order valence-corrected chi connectivity index (χ0v) is 19.4. The molecule has 3 amide bonds. The number of carbonyl (C=O) groups is 3. The smallest absolute Gasteiger partial charge is 0.283 e. The van der Waals surface area contributed by atoms with Gasteiger partial charge in [-0.05, 0) is 55.0 Å². The number of amides is 3. The summed E-state index contributed by atoms with van der Waals surface area (Å²) in [6, 6.07) is 18.1. The molecule has 0 radical (unpaired) electrons. The normalized spacial score (nSPS) is 13.5. The van der Waals surface area contributed by atoms with Gasteiger partial charge in [-0.25, -0.2) is 4.90 Å². The van der Waals surface area contributed by atoms with Crippen molar-refractivity contribution in [3.63, 3.8) is 0 Å². The van der Waals surface area contributed by atoms with Crippen molar-refractivity contribution in [2.24, 2.45) is 0 Å². The number of para-hydroxylation sites is 1. The molecule has 6 nitrogen and oxygen atoms in total. The van der Waals surface area contributed by atoms with Gasteiger partial charge < -0.3 is 10.6 Å². The molecule has 9 heteroatoms. The van der Waals surface area contributed by atoms with Crippen molar-refractivity contribution in [1.29, 1.82) is 0 Å².